The van der Waals surface area contributed by atoms with E-state index in [1.54, 1.807) is 0 Å². The van der Waals surface area contributed by atoms with Gasteiger partial charge >= 0.3 is 11.7 Å². The van der Waals surface area contributed by atoms with Gasteiger partial charge in [0.15, 0.2) is 6.61 Å². The van der Waals surface area contributed by atoms with E-state index in [1.807, 2.05) is 4.98 Å². The highest BCUT2D eigenvalue weighted by Crippen LogP contribution is 2.26. The molecule has 0 amide bonds. The minimum absolute atomic E-state index is 0.156. The maximum atomic E-state index is 11.7. The summed E-state index contributed by atoms with van der Waals surface area (Å²) in [5.74, 6) is -1.51. The second kappa shape index (κ2) is 5.88. The molecule has 1 aliphatic rings. The summed E-state index contributed by atoms with van der Waals surface area (Å²) in [5, 5.41) is 17.5. The van der Waals surface area contributed by atoms with Crippen LogP contribution in [0.1, 0.15) is 19.1 Å². The number of nitrogens with one attached hydrogen (secondary N) is 1. The van der Waals surface area contributed by atoms with Crippen LogP contribution in [0.25, 0.3) is 0 Å². The molecule has 1 saturated heterocycles. The molecule has 2 heterocycles. The highest BCUT2D eigenvalue weighted by atomic mass is 16.5. The van der Waals surface area contributed by atoms with Gasteiger partial charge in [-0.25, -0.2) is 9.59 Å². The summed E-state index contributed by atoms with van der Waals surface area (Å²) in [6.45, 7) is -0.844. The van der Waals surface area contributed by atoms with Gasteiger partial charge in [0.25, 0.3) is 5.56 Å². The molecule has 1 aromatic rings. The maximum absolute atomic E-state index is 11.7. The van der Waals surface area contributed by atoms with Gasteiger partial charge in [-0.15, -0.1) is 0 Å². The summed E-state index contributed by atoms with van der Waals surface area (Å²) < 4.78 is 11.3. The van der Waals surface area contributed by atoms with Crippen LogP contribution in [0.2, 0.25) is 0 Å². The first-order chi connectivity index (χ1) is 9.51. The SMILES string of the molecule is O=C(O)COc1cn(C2CC[C@@H](CO)O2)c(=O)[nH]c1=O. The first-order valence-electron chi connectivity index (χ1n) is 5.97. The van der Waals surface area contributed by atoms with E-state index in [4.69, 9.17) is 19.7 Å². The van der Waals surface area contributed by atoms with E-state index in [2.05, 4.69) is 0 Å². The molecule has 0 radical (unpaired) electrons. The molecular formula is C11H14N2O7. The summed E-state index contributed by atoms with van der Waals surface area (Å²) in [6.07, 6.45) is 1.22. The molecule has 2 rings (SSSR count). The Morgan fingerprint density at radius 3 is 2.85 bits per heavy atom. The van der Waals surface area contributed by atoms with Gasteiger partial charge in [0.2, 0.25) is 5.75 Å². The van der Waals surface area contributed by atoms with Gasteiger partial charge in [-0.3, -0.25) is 14.3 Å². The van der Waals surface area contributed by atoms with Crippen LogP contribution in [-0.2, 0) is 9.53 Å². The van der Waals surface area contributed by atoms with Gasteiger partial charge in [0.05, 0.1) is 18.9 Å². The van der Waals surface area contributed by atoms with Crippen molar-refractivity contribution >= 4 is 5.97 Å². The lowest BCUT2D eigenvalue weighted by atomic mass is 10.2. The number of hydrogen-bond donors (Lipinski definition) is 3. The van der Waals surface area contributed by atoms with E-state index in [1.165, 1.54) is 0 Å². The van der Waals surface area contributed by atoms with Gasteiger partial charge in [-0.1, -0.05) is 0 Å². The number of ether oxygens (including phenoxy) is 2. The molecule has 1 aromatic heterocycles. The largest absolute Gasteiger partial charge is 0.479 e. The molecule has 1 unspecified atom stereocenters. The minimum Gasteiger partial charge on any atom is -0.479 e. The monoisotopic (exact) mass is 286 g/mol. The van der Waals surface area contributed by atoms with E-state index >= 15 is 0 Å². The van der Waals surface area contributed by atoms with Crippen molar-refractivity contribution in [2.45, 2.75) is 25.2 Å². The van der Waals surface area contributed by atoms with Crippen LogP contribution in [0.4, 0.5) is 0 Å². The zero-order chi connectivity index (χ0) is 14.7. The lowest BCUT2D eigenvalue weighted by molar-refractivity contribution is -0.139. The molecule has 20 heavy (non-hydrogen) atoms. The zero-order valence-corrected chi connectivity index (χ0v) is 10.4. The molecular weight excluding hydrogens is 272 g/mol. The van der Waals surface area contributed by atoms with Gasteiger partial charge in [0, 0.05) is 0 Å². The maximum Gasteiger partial charge on any atom is 0.341 e. The molecule has 0 bridgehead atoms. The van der Waals surface area contributed by atoms with Gasteiger partial charge in [0.1, 0.15) is 6.23 Å². The Morgan fingerprint density at radius 1 is 1.50 bits per heavy atom. The summed E-state index contributed by atoms with van der Waals surface area (Å²) in [4.78, 5) is 35.6. The number of aliphatic hydroxyl groups excluding tert-OH is 1. The average molecular weight is 286 g/mol. The number of aromatic nitrogens is 2. The molecule has 3 N–H and O–H groups in total. The van der Waals surface area contributed by atoms with Crippen molar-refractivity contribution in [1.29, 1.82) is 0 Å². The Balaban J connectivity index is 2.25. The Hall–Kier alpha value is -2.13. The number of aromatic amines is 1. The van der Waals surface area contributed by atoms with Crippen LogP contribution in [0.15, 0.2) is 15.8 Å². The molecule has 0 spiro atoms. The average Bonchev–Trinajstić information content (AvgIpc) is 2.86. The fraction of sp³-hybridized carbons (Fsp3) is 0.545. The highest BCUT2D eigenvalue weighted by molar-refractivity contribution is 5.68. The summed E-state index contributed by atoms with van der Waals surface area (Å²) in [5.41, 5.74) is -1.48. The van der Waals surface area contributed by atoms with E-state index in [-0.39, 0.29) is 18.5 Å². The Labute approximate surface area is 112 Å². The zero-order valence-electron chi connectivity index (χ0n) is 10.4. The standard InChI is InChI=1S/C11H14N2O7/c14-4-6-1-2-8(20-6)13-3-7(19-5-9(15)16)10(17)12-11(13)18/h3,6,8,14H,1-2,4-5H2,(H,15,16)(H,12,17,18)/t6-,8?/m0/s1. The van der Waals surface area contributed by atoms with E-state index in [0.29, 0.717) is 12.8 Å². The van der Waals surface area contributed by atoms with Crippen LogP contribution in [-0.4, -0.2) is 45.1 Å². The lowest BCUT2D eigenvalue weighted by Gasteiger charge is -2.15. The number of carboxylic acid groups (broad SMARTS) is 1. The number of carboxylic acids is 1. The van der Waals surface area contributed by atoms with Crippen LogP contribution < -0.4 is 16.0 Å². The van der Waals surface area contributed by atoms with Crippen molar-refractivity contribution in [3.8, 4) is 5.75 Å². The van der Waals surface area contributed by atoms with E-state index < -0.39 is 30.1 Å². The van der Waals surface area contributed by atoms with Crippen molar-refractivity contribution in [1.82, 2.24) is 9.55 Å². The topological polar surface area (TPSA) is 131 Å². The molecule has 0 aliphatic carbocycles. The quantitative estimate of drug-likeness (QED) is 0.611. The normalized spacial score (nSPS) is 21.9. The van der Waals surface area contributed by atoms with Crippen LogP contribution in [0.5, 0.6) is 5.75 Å². The Morgan fingerprint density at radius 2 is 2.25 bits per heavy atom. The van der Waals surface area contributed by atoms with Gasteiger partial charge in [-0.05, 0) is 12.8 Å². The molecule has 1 aliphatic heterocycles. The molecule has 9 nitrogen and oxygen atoms in total. The van der Waals surface area contributed by atoms with Crippen LogP contribution in [0, 0.1) is 0 Å². The molecule has 9 heteroatoms. The summed E-state index contributed by atoms with van der Waals surface area (Å²) >= 11 is 0. The van der Waals surface area contributed by atoms with E-state index in [9.17, 15) is 14.4 Å². The number of aliphatic carboxylic acids is 1. The minimum atomic E-state index is -1.24. The van der Waals surface area contributed by atoms with Crippen LogP contribution in [0.3, 0.4) is 0 Å². The number of nitrogens with zero attached hydrogens (tertiary/aromatic N) is 1. The second-order valence-corrected chi connectivity index (χ2v) is 4.31. The fourth-order valence-electron chi connectivity index (χ4n) is 1.95. The highest BCUT2D eigenvalue weighted by Gasteiger charge is 2.27. The summed E-state index contributed by atoms with van der Waals surface area (Å²) in [7, 11) is 0. The van der Waals surface area contributed by atoms with Crippen molar-refractivity contribution in [3.05, 3.63) is 27.0 Å². The van der Waals surface area contributed by atoms with Gasteiger partial charge < -0.3 is 19.7 Å². The first kappa shape index (κ1) is 14.3. The third-order valence-corrected chi connectivity index (χ3v) is 2.89. The second-order valence-electron chi connectivity index (χ2n) is 4.31. The molecule has 1 fully saturated rings. The molecule has 110 valence electrons. The lowest BCUT2D eigenvalue weighted by Crippen LogP contribution is -2.33. The van der Waals surface area contributed by atoms with Crippen molar-refractivity contribution in [2.24, 2.45) is 0 Å². The predicted molar refractivity (Wildman–Crippen MR) is 64.7 cm³/mol. The first-order valence-corrected chi connectivity index (χ1v) is 5.97. The number of hydrogen-bond acceptors (Lipinski definition) is 6. The third-order valence-electron chi connectivity index (χ3n) is 2.89. The molecule has 0 saturated carbocycles. The third kappa shape index (κ3) is 3.06. The number of rotatable bonds is 5. The fourth-order valence-corrected chi connectivity index (χ4v) is 1.95. The number of carbonyl (C=O) groups is 1. The van der Waals surface area contributed by atoms with Crippen molar-refractivity contribution < 1.29 is 24.5 Å². The number of aliphatic hydroxyl groups is 1. The smallest absolute Gasteiger partial charge is 0.341 e. The summed E-state index contributed by atoms with van der Waals surface area (Å²) in [6, 6.07) is 0. The number of H-pyrrole nitrogens is 1. The van der Waals surface area contributed by atoms with Crippen molar-refractivity contribution in [3.63, 3.8) is 0 Å². The van der Waals surface area contributed by atoms with Gasteiger partial charge in [-0.2, -0.15) is 0 Å². The van der Waals surface area contributed by atoms with Crippen molar-refractivity contribution in [2.75, 3.05) is 13.2 Å². The molecule has 0 aromatic carbocycles. The van der Waals surface area contributed by atoms with E-state index in [0.717, 1.165) is 10.8 Å². The van der Waals surface area contributed by atoms with Crippen LogP contribution >= 0.6 is 0 Å². The Kier molecular flexibility index (Phi) is 4.20. The predicted octanol–water partition coefficient (Wildman–Crippen LogP) is -1.33. The Bertz CT molecular complexity index is 606. The molecule has 2 atom stereocenters.